The van der Waals surface area contributed by atoms with Crippen LogP contribution >= 0.6 is 0 Å². The van der Waals surface area contributed by atoms with Crippen LogP contribution in [0.15, 0.2) is 0 Å². The first kappa shape index (κ1) is 13.9. The molecule has 2 saturated carbocycles. The normalized spacial score (nSPS) is 30.9. The van der Waals surface area contributed by atoms with E-state index in [0.29, 0.717) is 12.5 Å². The molecule has 1 N–H and O–H groups in total. The lowest BCUT2D eigenvalue weighted by Gasteiger charge is -2.47. The second-order valence-electron chi connectivity index (χ2n) is 6.71. The summed E-state index contributed by atoms with van der Waals surface area (Å²) in [5, 5.41) is 3.12. The van der Waals surface area contributed by atoms with Crippen LogP contribution in [-0.2, 0) is 9.59 Å². The lowest BCUT2D eigenvalue weighted by molar-refractivity contribution is -0.157. The van der Waals surface area contributed by atoms with E-state index in [9.17, 15) is 9.59 Å². The van der Waals surface area contributed by atoms with Crippen molar-refractivity contribution < 1.29 is 9.59 Å². The molecule has 0 aromatic carbocycles. The number of nitrogens with zero attached hydrogens (tertiary/aromatic N) is 1. The summed E-state index contributed by atoms with van der Waals surface area (Å²) in [7, 11) is 0. The van der Waals surface area contributed by atoms with Crippen molar-refractivity contribution in [3.05, 3.63) is 0 Å². The number of carbonyl (C=O) groups is 2. The van der Waals surface area contributed by atoms with Gasteiger partial charge in [0.1, 0.15) is 11.6 Å². The minimum atomic E-state index is -0.557. The SMILES string of the molecule is CCN1C(=O)C2(CCCC2)NC(=O)C1C1CCCCC1. The number of likely N-dealkylation sites (N-methyl/N-ethyl adjacent to an activating group) is 1. The number of piperazine rings is 1. The Bertz CT molecular complexity index is 395. The van der Waals surface area contributed by atoms with Gasteiger partial charge in [-0.1, -0.05) is 32.1 Å². The number of amides is 2. The maximum Gasteiger partial charge on any atom is 0.249 e. The van der Waals surface area contributed by atoms with Crippen LogP contribution in [0.4, 0.5) is 0 Å². The molecular weight excluding hydrogens is 252 g/mol. The van der Waals surface area contributed by atoms with Crippen LogP contribution in [-0.4, -0.2) is 34.8 Å². The van der Waals surface area contributed by atoms with E-state index in [1.54, 1.807) is 0 Å². The summed E-state index contributed by atoms with van der Waals surface area (Å²) >= 11 is 0. The second-order valence-corrected chi connectivity index (χ2v) is 6.71. The van der Waals surface area contributed by atoms with Gasteiger partial charge >= 0.3 is 0 Å². The molecule has 1 heterocycles. The Morgan fingerprint density at radius 2 is 1.75 bits per heavy atom. The number of rotatable bonds is 2. The van der Waals surface area contributed by atoms with Crippen molar-refractivity contribution in [1.29, 1.82) is 0 Å². The highest BCUT2D eigenvalue weighted by Crippen LogP contribution is 2.38. The lowest BCUT2D eigenvalue weighted by Crippen LogP contribution is -2.70. The smallest absolute Gasteiger partial charge is 0.249 e. The third kappa shape index (κ3) is 2.13. The molecule has 0 radical (unpaired) electrons. The Balaban J connectivity index is 1.84. The van der Waals surface area contributed by atoms with Gasteiger partial charge in [0.15, 0.2) is 0 Å². The molecule has 1 atom stereocenters. The zero-order chi connectivity index (χ0) is 14.2. The Kier molecular flexibility index (Phi) is 3.74. The van der Waals surface area contributed by atoms with E-state index in [2.05, 4.69) is 5.32 Å². The van der Waals surface area contributed by atoms with Crippen molar-refractivity contribution in [3.63, 3.8) is 0 Å². The minimum absolute atomic E-state index is 0.111. The van der Waals surface area contributed by atoms with Crippen molar-refractivity contribution in [2.45, 2.75) is 76.3 Å². The molecule has 1 aliphatic heterocycles. The summed E-state index contributed by atoms with van der Waals surface area (Å²) in [5.74, 6) is 0.666. The summed E-state index contributed by atoms with van der Waals surface area (Å²) in [6.45, 7) is 2.67. The average molecular weight is 278 g/mol. The third-order valence-electron chi connectivity index (χ3n) is 5.53. The number of carbonyl (C=O) groups excluding carboxylic acids is 2. The highest BCUT2D eigenvalue weighted by molar-refractivity contribution is 6.00. The van der Waals surface area contributed by atoms with Crippen LogP contribution in [0.1, 0.15) is 64.7 Å². The first-order valence-corrected chi connectivity index (χ1v) is 8.31. The molecule has 4 nitrogen and oxygen atoms in total. The van der Waals surface area contributed by atoms with Gasteiger partial charge in [-0.05, 0) is 38.5 Å². The largest absolute Gasteiger partial charge is 0.340 e. The van der Waals surface area contributed by atoms with Crippen LogP contribution in [0, 0.1) is 5.92 Å². The summed E-state index contributed by atoms with van der Waals surface area (Å²) in [6.07, 6.45) is 9.61. The molecule has 0 aromatic heterocycles. The predicted octanol–water partition coefficient (Wildman–Crippen LogP) is 2.23. The van der Waals surface area contributed by atoms with E-state index in [-0.39, 0.29) is 17.9 Å². The number of hydrogen-bond donors (Lipinski definition) is 1. The van der Waals surface area contributed by atoms with Crippen molar-refractivity contribution in [2.75, 3.05) is 6.54 Å². The Morgan fingerprint density at radius 1 is 1.10 bits per heavy atom. The maximum atomic E-state index is 12.9. The molecule has 4 heteroatoms. The second kappa shape index (κ2) is 5.38. The van der Waals surface area contributed by atoms with Gasteiger partial charge in [-0.3, -0.25) is 9.59 Å². The van der Waals surface area contributed by atoms with E-state index in [1.165, 1.54) is 19.3 Å². The molecule has 2 amide bonds. The molecule has 1 saturated heterocycles. The molecule has 20 heavy (non-hydrogen) atoms. The standard InChI is InChI=1S/C16H26N2O2/c1-2-18-13(12-8-4-3-5-9-12)14(19)17-16(15(18)20)10-6-7-11-16/h12-13H,2-11H2,1H3,(H,17,19). The van der Waals surface area contributed by atoms with E-state index < -0.39 is 5.54 Å². The van der Waals surface area contributed by atoms with E-state index >= 15 is 0 Å². The Labute approximate surface area is 121 Å². The fourth-order valence-corrected chi connectivity index (χ4v) is 4.48. The molecule has 3 rings (SSSR count). The minimum Gasteiger partial charge on any atom is -0.340 e. The van der Waals surface area contributed by atoms with Crippen LogP contribution in [0.2, 0.25) is 0 Å². The highest BCUT2D eigenvalue weighted by Gasteiger charge is 2.53. The highest BCUT2D eigenvalue weighted by atomic mass is 16.2. The summed E-state index contributed by atoms with van der Waals surface area (Å²) < 4.78 is 0. The van der Waals surface area contributed by atoms with Crippen molar-refractivity contribution in [2.24, 2.45) is 5.92 Å². The van der Waals surface area contributed by atoms with Crippen molar-refractivity contribution in [3.8, 4) is 0 Å². The fourth-order valence-electron chi connectivity index (χ4n) is 4.48. The lowest BCUT2D eigenvalue weighted by atomic mass is 9.79. The van der Waals surface area contributed by atoms with Gasteiger partial charge in [0, 0.05) is 6.54 Å². The first-order valence-electron chi connectivity index (χ1n) is 8.31. The maximum absolute atomic E-state index is 12.9. The summed E-state index contributed by atoms with van der Waals surface area (Å²) in [5.41, 5.74) is -0.557. The van der Waals surface area contributed by atoms with Gasteiger partial charge in [-0.15, -0.1) is 0 Å². The summed E-state index contributed by atoms with van der Waals surface area (Å²) in [6, 6.07) is -0.209. The zero-order valence-corrected chi connectivity index (χ0v) is 12.5. The number of hydrogen-bond acceptors (Lipinski definition) is 2. The Hall–Kier alpha value is -1.06. The van der Waals surface area contributed by atoms with Gasteiger partial charge in [-0.2, -0.15) is 0 Å². The van der Waals surface area contributed by atoms with Gasteiger partial charge in [0.2, 0.25) is 11.8 Å². The molecular formula is C16H26N2O2. The van der Waals surface area contributed by atoms with E-state index in [4.69, 9.17) is 0 Å². The van der Waals surface area contributed by atoms with Crippen molar-refractivity contribution >= 4 is 11.8 Å². The molecule has 0 bridgehead atoms. The average Bonchev–Trinajstić information content (AvgIpc) is 2.93. The van der Waals surface area contributed by atoms with Crippen LogP contribution in [0.3, 0.4) is 0 Å². The monoisotopic (exact) mass is 278 g/mol. The van der Waals surface area contributed by atoms with Gasteiger partial charge in [-0.25, -0.2) is 0 Å². The third-order valence-corrected chi connectivity index (χ3v) is 5.53. The molecule has 3 aliphatic rings. The number of nitrogens with one attached hydrogen (secondary N) is 1. The predicted molar refractivity (Wildman–Crippen MR) is 77.1 cm³/mol. The Morgan fingerprint density at radius 3 is 2.35 bits per heavy atom. The molecule has 1 unspecified atom stereocenters. The molecule has 1 spiro atoms. The van der Waals surface area contributed by atoms with Crippen LogP contribution < -0.4 is 5.32 Å². The van der Waals surface area contributed by atoms with Crippen molar-refractivity contribution in [1.82, 2.24) is 10.2 Å². The molecule has 3 fully saturated rings. The van der Waals surface area contributed by atoms with Crippen LogP contribution in [0.25, 0.3) is 0 Å². The van der Waals surface area contributed by atoms with E-state index in [1.807, 2.05) is 11.8 Å². The van der Waals surface area contributed by atoms with Gasteiger partial charge in [0.05, 0.1) is 0 Å². The summed E-state index contributed by atoms with van der Waals surface area (Å²) in [4.78, 5) is 27.4. The fraction of sp³-hybridized carbons (Fsp3) is 0.875. The van der Waals surface area contributed by atoms with Gasteiger partial charge < -0.3 is 10.2 Å². The quantitative estimate of drug-likeness (QED) is 0.842. The topological polar surface area (TPSA) is 49.4 Å². The first-order chi connectivity index (χ1) is 9.68. The van der Waals surface area contributed by atoms with Crippen LogP contribution in [0.5, 0.6) is 0 Å². The molecule has 0 aromatic rings. The molecule has 112 valence electrons. The van der Waals surface area contributed by atoms with E-state index in [0.717, 1.165) is 38.5 Å². The van der Waals surface area contributed by atoms with Gasteiger partial charge in [0.25, 0.3) is 0 Å². The molecule has 2 aliphatic carbocycles. The zero-order valence-electron chi connectivity index (χ0n) is 12.5.